The SMILES string of the molecule is CCOc1cccc(F)c1N1C=CC=CC(C(=O)OC)=C1C(=O)OC. The van der Waals surface area contributed by atoms with Gasteiger partial charge in [0.2, 0.25) is 0 Å². The van der Waals surface area contributed by atoms with Crippen LogP contribution in [-0.2, 0) is 19.1 Å². The minimum absolute atomic E-state index is 0.00824. The normalized spacial score (nSPS) is 13.5. The van der Waals surface area contributed by atoms with Crippen molar-refractivity contribution in [2.45, 2.75) is 6.92 Å². The molecule has 0 aliphatic carbocycles. The molecule has 0 fully saturated rings. The number of allylic oxidation sites excluding steroid dienone is 2. The molecular formula is C18H18FNO5. The first-order chi connectivity index (χ1) is 12.0. The Hall–Kier alpha value is -3.09. The summed E-state index contributed by atoms with van der Waals surface area (Å²) in [5.41, 5.74) is -0.249. The number of esters is 2. The molecule has 1 aliphatic heterocycles. The fourth-order valence-electron chi connectivity index (χ4n) is 2.34. The summed E-state index contributed by atoms with van der Waals surface area (Å²) in [6.07, 6.45) is 5.94. The summed E-state index contributed by atoms with van der Waals surface area (Å²) in [5, 5.41) is 0. The molecule has 1 aromatic carbocycles. The van der Waals surface area contributed by atoms with E-state index in [1.54, 1.807) is 19.1 Å². The summed E-state index contributed by atoms with van der Waals surface area (Å²) in [5.74, 6) is -1.97. The molecule has 1 aliphatic rings. The second-order valence-electron chi connectivity index (χ2n) is 4.84. The first kappa shape index (κ1) is 18.3. The van der Waals surface area contributed by atoms with E-state index in [0.717, 1.165) is 0 Å². The van der Waals surface area contributed by atoms with Crippen molar-refractivity contribution in [2.24, 2.45) is 0 Å². The van der Waals surface area contributed by atoms with Crippen LogP contribution in [0.5, 0.6) is 5.75 Å². The van der Waals surface area contributed by atoms with E-state index in [0.29, 0.717) is 6.61 Å². The molecular weight excluding hydrogens is 329 g/mol. The number of hydrogen-bond donors (Lipinski definition) is 0. The molecule has 2 rings (SSSR count). The van der Waals surface area contributed by atoms with Gasteiger partial charge in [-0.3, -0.25) is 0 Å². The lowest BCUT2D eigenvalue weighted by molar-refractivity contribution is -0.139. The molecule has 132 valence electrons. The van der Waals surface area contributed by atoms with Gasteiger partial charge in [-0.25, -0.2) is 14.0 Å². The van der Waals surface area contributed by atoms with Gasteiger partial charge < -0.3 is 19.1 Å². The fraction of sp³-hybridized carbons (Fsp3) is 0.222. The lowest BCUT2D eigenvalue weighted by Gasteiger charge is -2.25. The van der Waals surface area contributed by atoms with Gasteiger partial charge in [0.05, 0.1) is 26.4 Å². The average molecular weight is 347 g/mol. The summed E-state index contributed by atoms with van der Waals surface area (Å²) >= 11 is 0. The second kappa shape index (κ2) is 8.14. The van der Waals surface area contributed by atoms with Crippen LogP contribution in [-0.4, -0.2) is 32.8 Å². The first-order valence-corrected chi connectivity index (χ1v) is 7.51. The molecule has 7 heteroatoms. The third kappa shape index (κ3) is 3.71. The summed E-state index contributed by atoms with van der Waals surface area (Å²) in [4.78, 5) is 25.7. The Kier molecular flexibility index (Phi) is 5.94. The molecule has 0 atom stereocenters. The van der Waals surface area contributed by atoms with Crippen LogP contribution in [0.1, 0.15) is 6.92 Å². The van der Waals surface area contributed by atoms with E-state index in [-0.39, 0.29) is 22.7 Å². The van der Waals surface area contributed by atoms with Crippen LogP contribution >= 0.6 is 0 Å². The molecule has 0 saturated carbocycles. The van der Waals surface area contributed by atoms with Crippen LogP contribution in [0, 0.1) is 5.82 Å². The highest BCUT2D eigenvalue weighted by Crippen LogP contribution is 2.36. The Morgan fingerprint density at radius 1 is 1.12 bits per heavy atom. The fourth-order valence-corrected chi connectivity index (χ4v) is 2.34. The Morgan fingerprint density at radius 3 is 2.48 bits per heavy atom. The minimum atomic E-state index is -0.817. The van der Waals surface area contributed by atoms with Crippen LogP contribution in [0.2, 0.25) is 0 Å². The van der Waals surface area contributed by atoms with Gasteiger partial charge in [0, 0.05) is 6.20 Å². The molecule has 0 N–H and O–H groups in total. The molecule has 0 bridgehead atoms. The van der Waals surface area contributed by atoms with E-state index < -0.39 is 17.8 Å². The zero-order chi connectivity index (χ0) is 18.4. The van der Waals surface area contributed by atoms with E-state index in [4.69, 9.17) is 14.2 Å². The maximum atomic E-state index is 14.6. The van der Waals surface area contributed by atoms with E-state index >= 15 is 0 Å². The first-order valence-electron chi connectivity index (χ1n) is 7.51. The number of carbonyl (C=O) groups excluding carboxylic acids is 2. The highest BCUT2D eigenvalue weighted by Gasteiger charge is 2.30. The molecule has 1 heterocycles. The zero-order valence-electron chi connectivity index (χ0n) is 14.1. The molecule has 25 heavy (non-hydrogen) atoms. The van der Waals surface area contributed by atoms with Crippen molar-refractivity contribution in [3.05, 3.63) is 59.7 Å². The number of benzene rings is 1. The maximum Gasteiger partial charge on any atom is 0.355 e. The van der Waals surface area contributed by atoms with Gasteiger partial charge in [0.25, 0.3) is 0 Å². The van der Waals surface area contributed by atoms with Crippen molar-refractivity contribution in [1.29, 1.82) is 0 Å². The standard InChI is InChI=1S/C18H18FNO5/c1-4-25-14-10-7-9-13(19)16(14)20-11-6-5-8-12(17(21)23-2)15(20)18(22)24-3/h5-11H,4H2,1-3H3. The van der Waals surface area contributed by atoms with Crippen LogP contribution in [0.4, 0.5) is 10.1 Å². The number of para-hydroxylation sites is 1. The summed E-state index contributed by atoms with van der Waals surface area (Å²) < 4.78 is 29.6. The largest absolute Gasteiger partial charge is 0.492 e. The van der Waals surface area contributed by atoms with Crippen molar-refractivity contribution in [1.82, 2.24) is 0 Å². The Balaban J connectivity index is 2.74. The molecule has 0 saturated heterocycles. The number of nitrogens with zero attached hydrogens (tertiary/aromatic N) is 1. The second-order valence-corrected chi connectivity index (χ2v) is 4.84. The lowest BCUT2D eigenvalue weighted by atomic mass is 10.1. The van der Waals surface area contributed by atoms with Gasteiger partial charge in [0.15, 0.2) is 5.82 Å². The van der Waals surface area contributed by atoms with Crippen molar-refractivity contribution in [2.75, 3.05) is 25.7 Å². The minimum Gasteiger partial charge on any atom is -0.492 e. The van der Waals surface area contributed by atoms with Crippen molar-refractivity contribution >= 4 is 17.6 Å². The summed E-state index contributed by atoms with van der Waals surface area (Å²) in [6, 6.07) is 4.30. The number of halogens is 1. The average Bonchev–Trinajstić information content (AvgIpc) is 2.83. The van der Waals surface area contributed by atoms with E-state index in [1.165, 1.54) is 49.6 Å². The maximum absolute atomic E-state index is 14.6. The number of hydrogen-bond acceptors (Lipinski definition) is 6. The van der Waals surface area contributed by atoms with Crippen LogP contribution in [0.15, 0.2) is 53.9 Å². The van der Waals surface area contributed by atoms with Crippen LogP contribution in [0.3, 0.4) is 0 Å². The third-order valence-corrected chi connectivity index (χ3v) is 3.38. The van der Waals surface area contributed by atoms with Crippen LogP contribution in [0.25, 0.3) is 0 Å². The number of anilines is 1. The lowest BCUT2D eigenvalue weighted by Crippen LogP contribution is -2.28. The Bertz CT molecular complexity index is 767. The number of methoxy groups -OCH3 is 2. The number of ether oxygens (including phenoxy) is 3. The predicted octanol–water partition coefficient (Wildman–Crippen LogP) is 2.71. The highest BCUT2D eigenvalue weighted by molar-refractivity contribution is 6.05. The van der Waals surface area contributed by atoms with Gasteiger partial charge in [-0.2, -0.15) is 0 Å². The molecule has 0 amide bonds. The molecule has 0 unspecified atom stereocenters. The molecule has 6 nitrogen and oxygen atoms in total. The number of carbonyl (C=O) groups is 2. The third-order valence-electron chi connectivity index (χ3n) is 3.38. The topological polar surface area (TPSA) is 65.1 Å². The highest BCUT2D eigenvalue weighted by atomic mass is 19.1. The van der Waals surface area contributed by atoms with Crippen molar-refractivity contribution < 1.29 is 28.2 Å². The van der Waals surface area contributed by atoms with E-state index in [2.05, 4.69) is 0 Å². The smallest absolute Gasteiger partial charge is 0.355 e. The van der Waals surface area contributed by atoms with Crippen molar-refractivity contribution in [3.63, 3.8) is 0 Å². The molecule has 1 aromatic rings. The predicted molar refractivity (Wildman–Crippen MR) is 89.4 cm³/mol. The van der Waals surface area contributed by atoms with Gasteiger partial charge in [0.1, 0.15) is 17.1 Å². The Labute approximate surface area is 144 Å². The van der Waals surface area contributed by atoms with Gasteiger partial charge in [-0.05, 0) is 31.2 Å². The molecule has 0 aromatic heterocycles. The Morgan fingerprint density at radius 2 is 1.84 bits per heavy atom. The van der Waals surface area contributed by atoms with Crippen molar-refractivity contribution in [3.8, 4) is 5.75 Å². The molecule has 0 spiro atoms. The van der Waals surface area contributed by atoms with Crippen LogP contribution < -0.4 is 9.64 Å². The van der Waals surface area contributed by atoms with Gasteiger partial charge in [-0.15, -0.1) is 0 Å². The molecule has 0 radical (unpaired) electrons. The van der Waals surface area contributed by atoms with Gasteiger partial charge >= 0.3 is 11.9 Å². The van der Waals surface area contributed by atoms with E-state index in [1.807, 2.05) is 0 Å². The summed E-state index contributed by atoms with van der Waals surface area (Å²) in [7, 11) is 2.36. The zero-order valence-corrected chi connectivity index (χ0v) is 14.1. The summed E-state index contributed by atoms with van der Waals surface area (Å²) in [6.45, 7) is 2.05. The monoisotopic (exact) mass is 347 g/mol. The quantitative estimate of drug-likeness (QED) is 0.763. The van der Waals surface area contributed by atoms with Gasteiger partial charge in [-0.1, -0.05) is 12.1 Å². The number of rotatable bonds is 5. The van der Waals surface area contributed by atoms with E-state index in [9.17, 15) is 14.0 Å².